The van der Waals surface area contributed by atoms with Crippen molar-refractivity contribution in [1.29, 1.82) is 0 Å². The molecule has 2 rings (SSSR count). The summed E-state index contributed by atoms with van der Waals surface area (Å²) in [6.45, 7) is 4.00. The maximum absolute atomic E-state index is 11.3. The van der Waals surface area contributed by atoms with Crippen molar-refractivity contribution >= 4 is 10.0 Å². The van der Waals surface area contributed by atoms with E-state index in [2.05, 4.69) is 0 Å². The van der Waals surface area contributed by atoms with Gasteiger partial charge < -0.3 is 4.74 Å². The van der Waals surface area contributed by atoms with Gasteiger partial charge in [-0.1, -0.05) is 13.8 Å². The average molecular weight is 255 g/mol. The Hall–Kier alpha value is -1.07. The van der Waals surface area contributed by atoms with Gasteiger partial charge in [-0.3, -0.25) is 0 Å². The van der Waals surface area contributed by atoms with Crippen LogP contribution in [-0.2, 0) is 10.0 Å². The van der Waals surface area contributed by atoms with Crippen LogP contribution in [0.15, 0.2) is 23.1 Å². The van der Waals surface area contributed by atoms with Crippen molar-refractivity contribution in [2.75, 3.05) is 0 Å². The van der Waals surface area contributed by atoms with Crippen molar-refractivity contribution < 1.29 is 13.2 Å². The van der Waals surface area contributed by atoms with E-state index in [-0.39, 0.29) is 10.8 Å². The molecule has 1 aliphatic rings. The van der Waals surface area contributed by atoms with E-state index < -0.39 is 10.0 Å². The van der Waals surface area contributed by atoms with Crippen LogP contribution in [0.2, 0.25) is 0 Å². The number of primary sulfonamides is 1. The minimum absolute atomic E-state index is 0.143. The monoisotopic (exact) mass is 255 g/mol. The van der Waals surface area contributed by atoms with Crippen LogP contribution < -0.4 is 9.88 Å². The number of sulfonamides is 1. The molecular formula is C12H17NO3S. The Bertz CT molecular complexity index is 519. The third kappa shape index (κ3) is 2.98. The van der Waals surface area contributed by atoms with Crippen LogP contribution in [0, 0.1) is 0 Å². The standard InChI is InChI=1S/C12H17NO3S/c1-8(2)11-7-10(17(13,14)15)5-6-12(11)16-9-3-4-9/h5-9H,3-4H2,1-2H3,(H2,13,14,15). The summed E-state index contributed by atoms with van der Waals surface area (Å²) in [7, 11) is -3.64. The minimum Gasteiger partial charge on any atom is -0.490 e. The number of benzene rings is 1. The maximum Gasteiger partial charge on any atom is 0.238 e. The van der Waals surface area contributed by atoms with E-state index in [0.717, 1.165) is 24.2 Å². The molecule has 1 fully saturated rings. The van der Waals surface area contributed by atoms with Crippen molar-refractivity contribution in [1.82, 2.24) is 0 Å². The lowest BCUT2D eigenvalue weighted by molar-refractivity contribution is 0.298. The van der Waals surface area contributed by atoms with E-state index in [1.54, 1.807) is 12.1 Å². The molecule has 17 heavy (non-hydrogen) atoms. The zero-order valence-electron chi connectivity index (χ0n) is 10.0. The predicted molar refractivity (Wildman–Crippen MR) is 65.6 cm³/mol. The van der Waals surface area contributed by atoms with Crippen molar-refractivity contribution in [2.24, 2.45) is 5.14 Å². The SMILES string of the molecule is CC(C)c1cc(S(N)(=O)=O)ccc1OC1CC1. The molecule has 0 bridgehead atoms. The van der Waals surface area contributed by atoms with Crippen LogP contribution >= 0.6 is 0 Å². The highest BCUT2D eigenvalue weighted by molar-refractivity contribution is 7.89. The summed E-state index contributed by atoms with van der Waals surface area (Å²) in [5, 5.41) is 5.12. The molecular weight excluding hydrogens is 238 g/mol. The van der Waals surface area contributed by atoms with Crippen molar-refractivity contribution in [3.8, 4) is 5.75 Å². The molecule has 1 aliphatic carbocycles. The molecule has 2 N–H and O–H groups in total. The second kappa shape index (κ2) is 4.31. The van der Waals surface area contributed by atoms with Crippen molar-refractivity contribution in [3.63, 3.8) is 0 Å². The lowest BCUT2D eigenvalue weighted by Gasteiger charge is -2.14. The van der Waals surface area contributed by atoms with Gasteiger partial charge in [0.15, 0.2) is 0 Å². The van der Waals surface area contributed by atoms with Gasteiger partial charge in [0.2, 0.25) is 10.0 Å². The van der Waals surface area contributed by atoms with Gasteiger partial charge in [-0.25, -0.2) is 13.6 Å². The summed E-state index contributed by atoms with van der Waals surface area (Å²) in [6, 6.07) is 4.81. The summed E-state index contributed by atoms with van der Waals surface area (Å²) < 4.78 is 28.3. The Balaban J connectivity index is 2.40. The highest BCUT2D eigenvalue weighted by Gasteiger charge is 2.25. The quantitative estimate of drug-likeness (QED) is 0.894. The van der Waals surface area contributed by atoms with E-state index in [1.165, 1.54) is 6.07 Å². The molecule has 5 heteroatoms. The molecule has 0 aliphatic heterocycles. The Morgan fingerprint density at radius 1 is 1.35 bits per heavy atom. The van der Waals surface area contributed by atoms with Gasteiger partial charge in [-0.05, 0) is 42.5 Å². The van der Waals surface area contributed by atoms with Gasteiger partial charge in [-0.15, -0.1) is 0 Å². The molecule has 0 spiro atoms. The molecule has 0 heterocycles. The first-order valence-corrected chi connectivity index (χ1v) is 7.26. The average Bonchev–Trinajstić information content (AvgIpc) is 3.00. The van der Waals surface area contributed by atoms with Gasteiger partial charge in [0.1, 0.15) is 5.75 Å². The first kappa shape index (κ1) is 12.4. The number of ether oxygens (including phenoxy) is 1. The molecule has 94 valence electrons. The van der Waals surface area contributed by atoms with Gasteiger partial charge >= 0.3 is 0 Å². The first-order chi connectivity index (χ1) is 7.88. The topological polar surface area (TPSA) is 69.4 Å². The zero-order valence-corrected chi connectivity index (χ0v) is 10.8. The molecule has 1 aromatic rings. The van der Waals surface area contributed by atoms with E-state index >= 15 is 0 Å². The number of rotatable bonds is 4. The number of hydrogen-bond acceptors (Lipinski definition) is 3. The minimum atomic E-state index is -3.64. The van der Waals surface area contributed by atoms with Crippen molar-refractivity contribution in [2.45, 2.75) is 43.6 Å². The molecule has 4 nitrogen and oxygen atoms in total. The lowest BCUT2D eigenvalue weighted by Crippen LogP contribution is -2.13. The number of hydrogen-bond donors (Lipinski definition) is 1. The summed E-state index contributed by atoms with van der Waals surface area (Å²) in [5.41, 5.74) is 0.892. The summed E-state index contributed by atoms with van der Waals surface area (Å²) in [4.78, 5) is 0.143. The molecule has 0 aromatic heterocycles. The third-order valence-corrected chi connectivity index (χ3v) is 3.66. The molecule has 1 aromatic carbocycles. The molecule has 0 atom stereocenters. The first-order valence-electron chi connectivity index (χ1n) is 5.71. The molecule has 1 saturated carbocycles. The van der Waals surface area contributed by atoms with Crippen molar-refractivity contribution in [3.05, 3.63) is 23.8 Å². The largest absolute Gasteiger partial charge is 0.490 e. The van der Waals surface area contributed by atoms with Crippen LogP contribution in [0.25, 0.3) is 0 Å². The van der Waals surface area contributed by atoms with E-state index in [1.807, 2.05) is 13.8 Å². The van der Waals surface area contributed by atoms with Crippen LogP contribution in [0.3, 0.4) is 0 Å². The van der Waals surface area contributed by atoms with Crippen LogP contribution in [0.5, 0.6) is 5.75 Å². The zero-order chi connectivity index (χ0) is 12.6. The smallest absolute Gasteiger partial charge is 0.238 e. The Kier molecular flexibility index (Phi) is 3.14. The fraction of sp³-hybridized carbons (Fsp3) is 0.500. The fourth-order valence-corrected chi connectivity index (χ4v) is 2.18. The van der Waals surface area contributed by atoms with Crippen LogP contribution in [-0.4, -0.2) is 14.5 Å². The molecule has 0 amide bonds. The third-order valence-electron chi connectivity index (χ3n) is 2.75. The Labute approximate surface area is 102 Å². The maximum atomic E-state index is 11.3. The van der Waals surface area contributed by atoms with Gasteiger partial charge in [0.05, 0.1) is 11.0 Å². The van der Waals surface area contributed by atoms with Gasteiger partial charge in [0, 0.05) is 0 Å². The normalized spacial score (nSPS) is 16.2. The highest BCUT2D eigenvalue weighted by atomic mass is 32.2. The Morgan fingerprint density at radius 3 is 2.47 bits per heavy atom. The molecule has 0 radical (unpaired) electrons. The van der Waals surface area contributed by atoms with E-state index in [0.29, 0.717) is 6.10 Å². The summed E-state index contributed by atoms with van der Waals surface area (Å²) in [5.74, 6) is 0.973. The fourth-order valence-electron chi connectivity index (χ4n) is 1.63. The van der Waals surface area contributed by atoms with E-state index in [9.17, 15) is 8.42 Å². The van der Waals surface area contributed by atoms with Gasteiger partial charge in [-0.2, -0.15) is 0 Å². The van der Waals surface area contributed by atoms with Crippen LogP contribution in [0.1, 0.15) is 38.2 Å². The number of nitrogens with two attached hydrogens (primary N) is 1. The molecule has 0 unspecified atom stereocenters. The van der Waals surface area contributed by atoms with E-state index in [4.69, 9.17) is 9.88 Å². The summed E-state index contributed by atoms with van der Waals surface area (Å²) in [6.07, 6.45) is 2.45. The highest BCUT2D eigenvalue weighted by Crippen LogP contribution is 2.33. The Morgan fingerprint density at radius 2 is 2.00 bits per heavy atom. The van der Waals surface area contributed by atoms with Crippen LogP contribution in [0.4, 0.5) is 0 Å². The lowest BCUT2D eigenvalue weighted by atomic mass is 10.0. The summed E-state index contributed by atoms with van der Waals surface area (Å²) >= 11 is 0. The van der Waals surface area contributed by atoms with Gasteiger partial charge in [0.25, 0.3) is 0 Å². The second-order valence-electron chi connectivity index (χ2n) is 4.72. The second-order valence-corrected chi connectivity index (χ2v) is 6.28. The molecule has 0 saturated heterocycles. The predicted octanol–water partition coefficient (Wildman–Crippen LogP) is 2.00.